The molecule has 0 aromatic carbocycles. The van der Waals surface area contributed by atoms with Crippen LogP contribution in [0.1, 0.15) is 32.6 Å². The molecule has 1 fully saturated rings. The van der Waals surface area contributed by atoms with Crippen LogP contribution in [0.2, 0.25) is 0 Å². The maximum atomic E-state index is 11.1. The van der Waals surface area contributed by atoms with Crippen molar-refractivity contribution in [3.8, 4) is 0 Å². The monoisotopic (exact) mass is 220 g/mol. The number of sulfonamides is 1. The van der Waals surface area contributed by atoms with Gasteiger partial charge in [-0.15, -0.1) is 0 Å². The minimum Gasteiger partial charge on any atom is -0.330 e. The predicted octanol–water partition coefficient (Wildman–Crippen LogP) is 0.430. The smallest absolute Gasteiger partial charge is 0.209 e. The van der Waals surface area contributed by atoms with Crippen molar-refractivity contribution in [2.45, 2.75) is 32.6 Å². The van der Waals surface area contributed by atoms with Crippen LogP contribution < -0.4 is 10.9 Å². The van der Waals surface area contributed by atoms with Crippen LogP contribution in [0.4, 0.5) is 0 Å². The summed E-state index contributed by atoms with van der Waals surface area (Å²) < 4.78 is 22.2. The second-order valence-corrected chi connectivity index (χ2v) is 6.33. The average molecular weight is 220 g/mol. The highest BCUT2D eigenvalue weighted by atomic mass is 32.2. The van der Waals surface area contributed by atoms with Gasteiger partial charge >= 0.3 is 0 Å². The molecule has 4 nitrogen and oxygen atoms in total. The molecule has 0 aromatic heterocycles. The van der Waals surface area contributed by atoms with E-state index in [0.717, 1.165) is 19.3 Å². The van der Waals surface area contributed by atoms with E-state index in [1.807, 2.05) is 0 Å². The maximum absolute atomic E-state index is 11.1. The zero-order chi connectivity index (χ0) is 10.8. The van der Waals surface area contributed by atoms with Gasteiger partial charge < -0.3 is 5.73 Å². The minimum atomic E-state index is -3.40. The SMILES string of the molecule is CC1CCCC(CN)(CS(N)(=O)=O)C1. The molecule has 1 aliphatic carbocycles. The molecule has 14 heavy (non-hydrogen) atoms. The molecule has 2 unspecified atom stereocenters. The van der Waals surface area contributed by atoms with Gasteiger partial charge in [0.05, 0.1) is 5.75 Å². The normalized spacial score (nSPS) is 34.4. The summed E-state index contributed by atoms with van der Waals surface area (Å²) in [6, 6.07) is 0. The lowest BCUT2D eigenvalue weighted by atomic mass is 9.71. The molecule has 2 atom stereocenters. The first-order valence-electron chi connectivity index (χ1n) is 5.07. The lowest BCUT2D eigenvalue weighted by Crippen LogP contribution is -2.42. The van der Waals surface area contributed by atoms with E-state index in [1.165, 1.54) is 6.42 Å². The molecule has 0 aromatic rings. The summed E-state index contributed by atoms with van der Waals surface area (Å²) in [6.07, 6.45) is 4.02. The van der Waals surface area contributed by atoms with Gasteiger partial charge in [0.2, 0.25) is 10.0 Å². The number of primary sulfonamides is 1. The second kappa shape index (κ2) is 4.16. The van der Waals surface area contributed by atoms with Gasteiger partial charge in [0, 0.05) is 0 Å². The summed E-state index contributed by atoms with van der Waals surface area (Å²) in [6.45, 7) is 2.57. The van der Waals surface area contributed by atoms with Gasteiger partial charge in [0.15, 0.2) is 0 Å². The Morgan fingerprint density at radius 2 is 2.14 bits per heavy atom. The molecule has 0 aliphatic heterocycles. The van der Waals surface area contributed by atoms with Crippen LogP contribution in [0.15, 0.2) is 0 Å². The Bertz CT molecular complexity index is 289. The van der Waals surface area contributed by atoms with Crippen LogP contribution in [-0.2, 0) is 10.0 Å². The Hall–Kier alpha value is -0.130. The topological polar surface area (TPSA) is 86.2 Å². The Labute approximate surface area is 86.1 Å². The Kier molecular flexibility index (Phi) is 3.55. The van der Waals surface area contributed by atoms with E-state index in [4.69, 9.17) is 10.9 Å². The fourth-order valence-electron chi connectivity index (χ4n) is 2.57. The highest BCUT2D eigenvalue weighted by molar-refractivity contribution is 7.89. The van der Waals surface area contributed by atoms with E-state index in [1.54, 1.807) is 0 Å². The molecule has 1 aliphatic rings. The molecule has 0 amide bonds. The first kappa shape index (κ1) is 11.9. The highest BCUT2D eigenvalue weighted by Gasteiger charge is 2.36. The van der Waals surface area contributed by atoms with Crippen molar-refractivity contribution in [1.82, 2.24) is 0 Å². The fraction of sp³-hybridized carbons (Fsp3) is 1.00. The third-order valence-corrected chi connectivity index (χ3v) is 4.14. The Morgan fingerprint density at radius 3 is 2.57 bits per heavy atom. The minimum absolute atomic E-state index is 0.0425. The van der Waals surface area contributed by atoms with Crippen molar-refractivity contribution in [3.05, 3.63) is 0 Å². The van der Waals surface area contributed by atoms with Crippen LogP contribution in [0.5, 0.6) is 0 Å². The summed E-state index contributed by atoms with van der Waals surface area (Å²) in [5.41, 5.74) is 5.43. The molecule has 0 saturated heterocycles. The third-order valence-electron chi connectivity index (χ3n) is 3.13. The average Bonchev–Trinajstić information content (AvgIpc) is 2.01. The summed E-state index contributed by atoms with van der Waals surface area (Å²) in [7, 11) is -3.40. The standard InChI is InChI=1S/C9H20N2O2S/c1-8-3-2-4-9(5-8,6-10)7-14(11,12)13/h8H,2-7,10H2,1H3,(H2,11,12,13). The first-order chi connectivity index (χ1) is 6.37. The largest absolute Gasteiger partial charge is 0.330 e. The van der Waals surface area contributed by atoms with Crippen LogP contribution >= 0.6 is 0 Å². The Morgan fingerprint density at radius 1 is 1.50 bits per heavy atom. The van der Waals surface area contributed by atoms with Crippen LogP contribution in [0.3, 0.4) is 0 Å². The molecule has 0 radical (unpaired) electrons. The van der Waals surface area contributed by atoms with E-state index in [9.17, 15) is 8.42 Å². The van der Waals surface area contributed by atoms with E-state index in [-0.39, 0.29) is 11.2 Å². The summed E-state index contributed by atoms with van der Waals surface area (Å²) in [5, 5.41) is 5.09. The van der Waals surface area contributed by atoms with Crippen LogP contribution in [0, 0.1) is 11.3 Å². The lowest BCUT2D eigenvalue weighted by Gasteiger charge is -2.38. The molecule has 1 rings (SSSR count). The highest BCUT2D eigenvalue weighted by Crippen LogP contribution is 2.39. The molecule has 1 saturated carbocycles. The van der Waals surface area contributed by atoms with Gasteiger partial charge in [-0.3, -0.25) is 0 Å². The quantitative estimate of drug-likeness (QED) is 0.723. The molecule has 0 spiro atoms. The van der Waals surface area contributed by atoms with E-state index < -0.39 is 10.0 Å². The predicted molar refractivity (Wildman–Crippen MR) is 57.1 cm³/mol. The van der Waals surface area contributed by atoms with Crippen LogP contribution in [0.25, 0.3) is 0 Å². The summed E-state index contributed by atoms with van der Waals surface area (Å²) >= 11 is 0. The number of hydrogen-bond donors (Lipinski definition) is 2. The van der Waals surface area contributed by atoms with Crippen molar-refractivity contribution in [2.75, 3.05) is 12.3 Å². The lowest BCUT2D eigenvalue weighted by molar-refractivity contribution is 0.180. The molecule has 5 heteroatoms. The molecule has 0 bridgehead atoms. The fourth-order valence-corrected chi connectivity index (χ4v) is 3.80. The van der Waals surface area contributed by atoms with E-state index in [2.05, 4.69) is 6.92 Å². The Balaban J connectivity index is 2.75. The molecular formula is C9H20N2O2S. The third kappa shape index (κ3) is 3.22. The zero-order valence-electron chi connectivity index (χ0n) is 8.70. The number of hydrogen-bond acceptors (Lipinski definition) is 3. The zero-order valence-corrected chi connectivity index (χ0v) is 9.52. The van der Waals surface area contributed by atoms with E-state index in [0.29, 0.717) is 12.5 Å². The number of rotatable bonds is 3. The van der Waals surface area contributed by atoms with Crippen LogP contribution in [-0.4, -0.2) is 20.7 Å². The van der Waals surface area contributed by atoms with Gasteiger partial charge in [-0.25, -0.2) is 13.6 Å². The maximum Gasteiger partial charge on any atom is 0.209 e. The molecular weight excluding hydrogens is 200 g/mol. The van der Waals surface area contributed by atoms with Gasteiger partial charge in [0.25, 0.3) is 0 Å². The molecule has 0 heterocycles. The van der Waals surface area contributed by atoms with Gasteiger partial charge in [0.1, 0.15) is 0 Å². The molecule has 84 valence electrons. The van der Waals surface area contributed by atoms with Crippen molar-refractivity contribution in [3.63, 3.8) is 0 Å². The number of nitrogens with two attached hydrogens (primary N) is 2. The molecule has 4 N–H and O–H groups in total. The summed E-state index contributed by atoms with van der Waals surface area (Å²) in [4.78, 5) is 0. The first-order valence-corrected chi connectivity index (χ1v) is 6.79. The van der Waals surface area contributed by atoms with Crippen molar-refractivity contribution in [1.29, 1.82) is 0 Å². The van der Waals surface area contributed by atoms with Gasteiger partial charge in [-0.05, 0) is 30.7 Å². The van der Waals surface area contributed by atoms with Gasteiger partial charge in [-0.2, -0.15) is 0 Å². The summed E-state index contributed by atoms with van der Waals surface area (Å²) in [5.74, 6) is 0.606. The van der Waals surface area contributed by atoms with Gasteiger partial charge in [-0.1, -0.05) is 19.8 Å². The second-order valence-electron chi connectivity index (χ2n) is 4.71. The van der Waals surface area contributed by atoms with Crippen molar-refractivity contribution in [2.24, 2.45) is 22.2 Å². The van der Waals surface area contributed by atoms with E-state index >= 15 is 0 Å². The van der Waals surface area contributed by atoms with Crippen molar-refractivity contribution < 1.29 is 8.42 Å². The van der Waals surface area contributed by atoms with Crippen molar-refractivity contribution >= 4 is 10.0 Å².